The van der Waals surface area contributed by atoms with Gasteiger partial charge in [0.05, 0.1) is 17.2 Å². The first-order chi connectivity index (χ1) is 14.0. The number of furan rings is 1. The van der Waals surface area contributed by atoms with Crippen LogP contribution in [-0.4, -0.2) is 71.4 Å². The van der Waals surface area contributed by atoms with Crippen LogP contribution in [0.25, 0.3) is 0 Å². The maximum absolute atomic E-state index is 13.3. The van der Waals surface area contributed by atoms with Crippen LogP contribution in [0, 0.1) is 10.8 Å². The summed E-state index contributed by atoms with van der Waals surface area (Å²) in [5.41, 5.74) is -0.00878. The molecule has 2 spiro atoms. The van der Waals surface area contributed by atoms with Crippen molar-refractivity contribution >= 4 is 17.8 Å². The van der Waals surface area contributed by atoms with Gasteiger partial charge in [0.25, 0.3) is 5.91 Å². The average molecular weight is 395 g/mol. The van der Waals surface area contributed by atoms with E-state index in [0.717, 1.165) is 32.4 Å². The standard InChI is InChI=1S/C21H25N5O3/c1-24-9-6-21(18(24)28)15-26(19-22-7-2-8-23-19)14-20(21)4-10-25(11-5-20)17(27)16-3-12-29-13-16/h2-3,7-8,12-13H,4-6,9-11,14-15H2,1H3/t21-/m1/s1. The molecule has 0 aliphatic carbocycles. The molecule has 3 fully saturated rings. The van der Waals surface area contributed by atoms with Gasteiger partial charge >= 0.3 is 0 Å². The Hall–Kier alpha value is -2.90. The minimum Gasteiger partial charge on any atom is -0.472 e. The first-order valence-corrected chi connectivity index (χ1v) is 10.1. The molecule has 152 valence electrons. The number of hydrogen-bond donors (Lipinski definition) is 0. The van der Waals surface area contributed by atoms with E-state index in [1.165, 1.54) is 12.5 Å². The summed E-state index contributed by atoms with van der Waals surface area (Å²) in [6.07, 6.45) is 8.97. The maximum atomic E-state index is 13.3. The predicted octanol–water partition coefficient (Wildman–Crippen LogP) is 1.66. The molecule has 0 bridgehead atoms. The molecule has 2 aromatic rings. The molecule has 0 aromatic carbocycles. The van der Waals surface area contributed by atoms with Crippen LogP contribution in [0.15, 0.2) is 41.5 Å². The number of fused-ring (bicyclic) bond motifs is 1. The molecule has 0 N–H and O–H groups in total. The van der Waals surface area contributed by atoms with Gasteiger partial charge < -0.3 is 19.1 Å². The lowest BCUT2D eigenvalue weighted by atomic mass is 9.60. The molecule has 1 atom stereocenters. The van der Waals surface area contributed by atoms with Crippen LogP contribution >= 0.6 is 0 Å². The average Bonchev–Trinajstić information content (AvgIpc) is 3.46. The van der Waals surface area contributed by atoms with Gasteiger partial charge in [-0.15, -0.1) is 0 Å². The van der Waals surface area contributed by atoms with Gasteiger partial charge in [-0.1, -0.05) is 0 Å². The molecule has 5 heterocycles. The van der Waals surface area contributed by atoms with E-state index in [1.54, 1.807) is 24.5 Å². The molecule has 0 unspecified atom stereocenters. The highest BCUT2D eigenvalue weighted by Crippen LogP contribution is 2.58. The Labute approximate surface area is 169 Å². The molecule has 0 radical (unpaired) electrons. The fraction of sp³-hybridized carbons (Fsp3) is 0.524. The van der Waals surface area contributed by atoms with Gasteiger partial charge in [-0.05, 0) is 31.4 Å². The van der Waals surface area contributed by atoms with Gasteiger partial charge in [-0.25, -0.2) is 9.97 Å². The number of carbonyl (C=O) groups excluding carboxylic acids is 2. The number of carbonyl (C=O) groups is 2. The highest BCUT2D eigenvalue weighted by atomic mass is 16.3. The van der Waals surface area contributed by atoms with Gasteiger partial charge in [0.2, 0.25) is 11.9 Å². The van der Waals surface area contributed by atoms with Crippen molar-refractivity contribution in [3.8, 4) is 0 Å². The Morgan fingerprint density at radius 2 is 1.86 bits per heavy atom. The Kier molecular flexibility index (Phi) is 4.11. The van der Waals surface area contributed by atoms with E-state index in [9.17, 15) is 9.59 Å². The van der Waals surface area contributed by atoms with Gasteiger partial charge in [-0.3, -0.25) is 9.59 Å². The molecular weight excluding hydrogens is 370 g/mol. The zero-order chi connectivity index (χ0) is 20.1. The largest absolute Gasteiger partial charge is 0.472 e. The van der Waals surface area contributed by atoms with E-state index in [0.29, 0.717) is 31.1 Å². The number of aromatic nitrogens is 2. The summed E-state index contributed by atoms with van der Waals surface area (Å²) in [5, 5.41) is 0. The molecule has 8 heteroatoms. The van der Waals surface area contributed by atoms with E-state index < -0.39 is 5.41 Å². The predicted molar refractivity (Wildman–Crippen MR) is 105 cm³/mol. The van der Waals surface area contributed by atoms with Crippen molar-refractivity contribution < 1.29 is 14.0 Å². The summed E-state index contributed by atoms with van der Waals surface area (Å²) >= 11 is 0. The third kappa shape index (κ3) is 2.65. The number of hydrogen-bond acceptors (Lipinski definition) is 6. The van der Waals surface area contributed by atoms with Gasteiger partial charge in [0, 0.05) is 57.6 Å². The fourth-order valence-electron chi connectivity index (χ4n) is 5.58. The second-order valence-corrected chi connectivity index (χ2v) is 8.55. The molecule has 3 saturated heterocycles. The monoisotopic (exact) mass is 395 g/mol. The van der Waals surface area contributed by atoms with E-state index in [-0.39, 0.29) is 17.2 Å². The summed E-state index contributed by atoms with van der Waals surface area (Å²) in [4.78, 5) is 40.9. The van der Waals surface area contributed by atoms with Crippen molar-refractivity contribution in [2.24, 2.45) is 10.8 Å². The number of nitrogens with zero attached hydrogens (tertiary/aromatic N) is 5. The zero-order valence-electron chi connectivity index (χ0n) is 16.6. The van der Waals surface area contributed by atoms with Gasteiger partial charge in [0.1, 0.15) is 6.26 Å². The van der Waals surface area contributed by atoms with Gasteiger partial charge in [0.15, 0.2) is 0 Å². The van der Waals surface area contributed by atoms with E-state index >= 15 is 0 Å². The molecule has 2 aromatic heterocycles. The van der Waals surface area contributed by atoms with Crippen molar-refractivity contribution in [2.75, 3.05) is 44.7 Å². The summed E-state index contributed by atoms with van der Waals surface area (Å²) < 4.78 is 5.07. The van der Waals surface area contributed by atoms with Crippen molar-refractivity contribution in [1.82, 2.24) is 19.8 Å². The topological polar surface area (TPSA) is 82.8 Å². The molecule has 3 aliphatic rings. The van der Waals surface area contributed by atoms with Crippen molar-refractivity contribution in [2.45, 2.75) is 19.3 Å². The Morgan fingerprint density at radius 1 is 1.10 bits per heavy atom. The fourth-order valence-corrected chi connectivity index (χ4v) is 5.58. The first-order valence-electron chi connectivity index (χ1n) is 10.1. The van der Waals surface area contributed by atoms with Crippen LogP contribution in [0.3, 0.4) is 0 Å². The van der Waals surface area contributed by atoms with Crippen LogP contribution in [-0.2, 0) is 4.79 Å². The zero-order valence-corrected chi connectivity index (χ0v) is 16.6. The smallest absolute Gasteiger partial charge is 0.257 e. The number of amides is 2. The Balaban J connectivity index is 1.43. The summed E-state index contributed by atoms with van der Waals surface area (Å²) in [6, 6.07) is 3.51. The second-order valence-electron chi connectivity index (χ2n) is 8.55. The quantitative estimate of drug-likeness (QED) is 0.769. The molecule has 29 heavy (non-hydrogen) atoms. The summed E-state index contributed by atoms with van der Waals surface area (Å²) in [7, 11) is 1.89. The van der Waals surface area contributed by atoms with Crippen LogP contribution in [0.5, 0.6) is 0 Å². The number of likely N-dealkylation sites (tertiary alicyclic amines) is 2. The Bertz CT molecular complexity index is 908. The molecule has 8 nitrogen and oxygen atoms in total. The van der Waals surface area contributed by atoms with Crippen molar-refractivity contribution in [1.29, 1.82) is 0 Å². The van der Waals surface area contributed by atoms with E-state index in [4.69, 9.17) is 4.42 Å². The minimum atomic E-state index is -0.425. The first kappa shape index (κ1) is 18.1. The maximum Gasteiger partial charge on any atom is 0.257 e. The molecular formula is C21H25N5O3. The third-order valence-electron chi connectivity index (χ3n) is 7.21. The van der Waals surface area contributed by atoms with Crippen molar-refractivity contribution in [3.05, 3.63) is 42.6 Å². The Morgan fingerprint density at radius 3 is 2.48 bits per heavy atom. The normalized spacial score (nSPS) is 26.1. The van der Waals surface area contributed by atoms with Crippen LogP contribution < -0.4 is 4.90 Å². The molecule has 0 saturated carbocycles. The van der Waals surface area contributed by atoms with Gasteiger partial charge in [-0.2, -0.15) is 0 Å². The lowest BCUT2D eigenvalue weighted by Crippen LogP contribution is -2.53. The number of anilines is 1. The number of rotatable bonds is 2. The lowest BCUT2D eigenvalue weighted by Gasteiger charge is -2.46. The van der Waals surface area contributed by atoms with E-state index in [2.05, 4.69) is 14.9 Å². The highest BCUT2D eigenvalue weighted by molar-refractivity contribution is 5.94. The molecule has 5 rings (SSSR count). The van der Waals surface area contributed by atoms with Crippen LogP contribution in [0.1, 0.15) is 29.6 Å². The van der Waals surface area contributed by atoms with Crippen LogP contribution in [0.4, 0.5) is 5.95 Å². The minimum absolute atomic E-state index is 0.00115. The summed E-state index contributed by atoms with van der Waals surface area (Å²) in [5.74, 6) is 0.910. The van der Waals surface area contributed by atoms with E-state index in [1.807, 2.05) is 16.8 Å². The lowest BCUT2D eigenvalue weighted by molar-refractivity contribution is -0.140. The van der Waals surface area contributed by atoms with Crippen LogP contribution in [0.2, 0.25) is 0 Å². The molecule has 2 amide bonds. The SMILES string of the molecule is CN1CC[C@@]2(CN(c3ncccn3)CC23CCN(C(=O)c2ccoc2)CC3)C1=O. The second kappa shape index (κ2) is 6.57. The highest BCUT2D eigenvalue weighted by Gasteiger charge is 2.65. The third-order valence-corrected chi connectivity index (χ3v) is 7.21. The summed E-state index contributed by atoms with van der Waals surface area (Å²) in [6.45, 7) is 3.47. The van der Waals surface area contributed by atoms with Crippen molar-refractivity contribution in [3.63, 3.8) is 0 Å². The molecule has 3 aliphatic heterocycles. The number of piperidine rings is 1.